The van der Waals surface area contributed by atoms with Gasteiger partial charge in [-0.15, -0.1) is 0 Å². The third-order valence-electron chi connectivity index (χ3n) is 3.14. The van der Waals surface area contributed by atoms with Crippen LogP contribution in [0.1, 0.15) is 64.7 Å². The molecule has 0 amide bonds. The molecule has 1 unspecified atom stereocenters. The van der Waals surface area contributed by atoms with Crippen LogP contribution in [-0.2, 0) is 0 Å². The van der Waals surface area contributed by atoms with Crippen LogP contribution in [0, 0.1) is 5.92 Å². The van der Waals surface area contributed by atoms with Crippen molar-refractivity contribution in [2.75, 3.05) is 0 Å². The molecule has 0 nitrogen and oxygen atoms in total. The Morgan fingerprint density at radius 2 is 2.14 bits per heavy atom. The Bertz CT molecular complexity index is 172. The number of halogens is 1. The van der Waals surface area contributed by atoms with Crippen LogP contribution in [-0.4, -0.2) is 0 Å². The standard InChI is InChI=1S/C13H23Br/c1-2-3-6-9-12-10-7-4-5-8-11-13(12)14/h11-12H,2-10H2,1H3/b13-11+. The van der Waals surface area contributed by atoms with Gasteiger partial charge < -0.3 is 0 Å². The van der Waals surface area contributed by atoms with Gasteiger partial charge in [-0.25, -0.2) is 0 Å². The van der Waals surface area contributed by atoms with Crippen molar-refractivity contribution >= 4 is 15.9 Å². The Labute approximate surface area is 97.3 Å². The average molecular weight is 259 g/mol. The van der Waals surface area contributed by atoms with E-state index in [1.165, 1.54) is 62.3 Å². The van der Waals surface area contributed by atoms with Gasteiger partial charge in [0.05, 0.1) is 0 Å². The summed E-state index contributed by atoms with van der Waals surface area (Å²) in [4.78, 5) is 0. The smallest absolute Gasteiger partial charge is 0.00582 e. The Morgan fingerprint density at radius 3 is 2.93 bits per heavy atom. The lowest BCUT2D eigenvalue weighted by atomic mass is 9.92. The summed E-state index contributed by atoms with van der Waals surface area (Å²) in [6.45, 7) is 2.28. The quantitative estimate of drug-likeness (QED) is 0.591. The molecule has 1 aliphatic carbocycles. The van der Waals surface area contributed by atoms with Crippen LogP contribution in [0.25, 0.3) is 0 Å². The van der Waals surface area contributed by atoms with E-state index in [9.17, 15) is 0 Å². The van der Waals surface area contributed by atoms with Gasteiger partial charge in [0.2, 0.25) is 0 Å². The molecule has 0 bridgehead atoms. The lowest BCUT2D eigenvalue weighted by molar-refractivity contribution is 0.465. The summed E-state index contributed by atoms with van der Waals surface area (Å²) < 4.78 is 1.49. The predicted molar refractivity (Wildman–Crippen MR) is 67.7 cm³/mol. The molecule has 0 aromatic rings. The number of unbranched alkanes of at least 4 members (excludes halogenated alkanes) is 2. The Balaban J connectivity index is 2.33. The fourth-order valence-corrected chi connectivity index (χ4v) is 2.87. The van der Waals surface area contributed by atoms with Gasteiger partial charge in [0.1, 0.15) is 0 Å². The van der Waals surface area contributed by atoms with Crippen LogP contribution >= 0.6 is 15.9 Å². The summed E-state index contributed by atoms with van der Waals surface area (Å²) in [6, 6.07) is 0. The second-order valence-electron chi connectivity index (χ2n) is 4.42. The second-order valence-corrected chi connectivity index (χ2v) is 5.34. The lowest BCUT2D eigenvalue weighted by Crippen LogP contribution is -2.03. The first-order valence-electron chi connectivity index (χ1n) is 6.20. The van der Waals surface area contributed by atoms with Gasteiger partial charge in [0, 0.05) is 0 Å². The van der Waals surface area contributed by atoms with Crippen LogP contribution in [0.3, 0.4) is 0 Å². The van der Waals surface area contributed by atoms with E-state index in [1.807, 2.05) is 0 Å². The minimum Gasteiger partial charge on any atom is -0.0741 e. The average Bonchev–Trinajstić information content (AvgIpc) is 2.17. The van der Waals surface area contributed by atoms with Crippen molar-refractivity contribution in [3.05, 3.63) is 10.6 Å². The number of hydrogen-bond acceptors (Lipinski definition) is 0. The molecule has 0 saturated heterocycles. The number of rotatable bonds is 4. The molecule has 1 rings (SSSR count). The number of allylic oxidation sites excluding steroid dienone is 2. The highest BCUT2D eigenvalue weighted by Crippen LogP contribution is 2.31. The molecule has 0 saturated carbocycles. The van der Waals surface area contributed by atoms with Crippen LogP contribution in [0.15, 0.2) is 10.6 Å². The van der Waals surface area contributed by atoms with Crippen molar-refractivity contribution in [3.63, 3.8) is 0 Å². The van der Waals surface area contributed by atoms with Gasteiger partial charge in [-0.3, -0.25) is 0 Å². The third kappa shape index (κ3) is 4.63. The van der Waals surface area contributed by atoms with E-state index < -0.39 is 0 Å². The van der Waals surface area contributed by atoms with Gasteiger partial charge in [-0.1, -0.05) is 61.0 Å². The minimum atomic E-state index is 0.835. The summed E-state index contributed by atoms with van der Waals surface area (Å²) in [5.74, 6) is 0.835. The van der Waals surface area contributed by atoms with Crippen molar-refractivity contribution in [3.8, 4) is 0 Å². The molecular weight excluding hydrogens is 236 g/mol. The van der Waals surface area contributed by atoms with Crippen LogP contribution < -0.4 is 0 Å². The predicted octanol–water partition coefficient (Wildman–Crippen LogP) is 5.43. The summed E-state index contributed by atoms with van der Waals surface area (Å²) in [6.07, 6.45) is 14.9. The summed E-state index contributed by atoms with van der Waals surface area (Å²) >= 11 is 3.75. The Kier molecular flexibility index (Phi) is 6.59. The van der Waals surface area contributed by atoms with E-state index in [1.54, 1.807) is 0 Å². The zero-order chi connectivity index (χ0) is 10.2. The minimum absolute atomic E-state index is 0.835. The largest absolute Gasteiger partial charge is 0.0741 e. The van der Waals surface area contributed by atoms with E-state index in [4.69, 9.17) is 0 Å². The van der Waals surface area contributed by atoms with Crippen molar-refractivity contribution < 1.29 is 0 Å². The fourth-order valence-electron chi connectivity index (χ4n) is 2.18. The molecule has 0 heterocycles. The Hall–Kier alpha value is 0.220. The van der Waals surface area contributed by atoms with Gasteiger partial charge >= 0.3 is 0 Å². The molecule has 1 aliphatic rings. The molecule has 0 N–H and O–H groups in total. The molecule has 0 fully saturated rings. The first-order valence-corrected chi connectivity index (χ1v) is 6.99. The van der Waals surface area contributed by atoms with E-state index in [0.717, 1.165) is 5.92 Å². The van der Waals surface area contributed by atoms with Crippen molar-refractivity contribution in [1.82, 2.24) is 0 Å². The molecular formula is C13H23Br. The third-order valence-corrected chi connectivity index (χ3v) is 4.11. The monoisotopic (exact) mass is 258 g/mol. The molecule has 0 aliphatic heterocycles. The molecule has 1 atom stereocenters. The van der Waals surface area contributed by atoms with E-state index in [2.05, 4.69) is 28.9 Å². The van der Waals surface area contributed by atoms with Gasteiger partial charge in [-0.05, 0) is 36.1 Å². The zero-order valence-corrected chi connectivity index (χ0v) is 11.0. The topological polar surface area (TPSA) is 0 Å². The lowest BCUT2D eigenvalue weighted by Gasteiger charge is -2.18. The molecule has 1 heteroatoms. The van der Waals surface area contributed by atoms with Gasteiger partial charge in [0.25, 0.3) is 0 Å². The highest BCUT2D eigenvalue weighted by atomic mass is 79.9. The summed E-state index contributed by atoms with van der Waals surface area (Å²) in [7, 11) is 0. The summed E-state index contributed by atoms with van der Waals surface area (Å²) in [5.41, 5.74) is 0. The van der Waals surface area contributed by atoms with E-state index in [-0.39, 0.29) is 0 Å². The molecule has 0 aromatic carbocycles. The second kappa shape index (κ2) is 7.50. The van der Waals surface area contributed by atoms with Gasteiger partial charge in [0.15, 0.2) is 0 Å². The summed E-state index contributed by atoms with van der Waals surface area (Å²) in [5, 5.41) is 0. The molecule has 0 aromatic heterocycles. The van der Waals surface area contributed by atoms with Crippen LogP contribution in [0.2, 0.25) is 0 Å². The maximum Gasteiger partial charge on any atom is -0.00582 e. The van der Waals surface area contributed by atoms with Crippen molar-refractivity contribution in [2.45, 2.75) is 64.7 Å². The van der Waals surface area contributed by atoms with Crippen LogP contribution in [0.4, 0.5) is 0 Å². The van der Waals surface area contributed by atoms with Gasteiger partial charge in [-0.2, -0.15) is 0 Å². The van der Waals surface area contributed by atoms with E-state index >= 15 is 0 Å². The normalized spacial score (nSPS) is 27.6. The fraction of sp³-hybridized carbons (Fsp3) is 0.846. The SMILES string of the molecule is CCCCCC1CCCCC/C=C\1Br. The zero-order valence-electron chi connectivity index (χ0n) is 9.40. The maximum atomic E-state index is 3.75. The van der Waals surface area contributed by atoms with Crippen molar-refractivity contribution in [1.29, 1.82) is 0 Å². The van der Waals surface area contributed by atoms with E-state index in [0.29, 0.717) is 0 Å². The number of hydrogen-bond donors (Lipinski definition) is 0. The molecule has 14 heavy (non-hydrogen) atoms. The van der Waals surface area contributed by atoms with Crippen molar-refractivity contribution in [2.24, 2.45) is 5.92 Å². The molecule has 0 spiro atoms. The molecule has 0 radical (unpaired) electrons. The van der Waals surface area contributed by atoms with Crippen LogP contribution in [0.5, 0.6) is 0 Å². The first kappa shape index (κ1) is 12.3. The maximum absolute atomic E-state index is 3.75. The first-order chi connectivity index (χ1) is 6.84. The molecule has 82 valence electrons. The highest BCUT2D eigenvalue weighted by molar-refractivity contribution is 9.11. The highest BCUT2D eigenvalue weighted by Gasteiger charge is 2.12. The Morgan fingerprint density at radius 1 is 1.29 bits per heavy atom.